The van der Waals surface area contributed by atoms with Gasteiger partial charge in [-0.25, -0.2) is 4.79 Å². The fourth-order valence-corrected chi connectivity index (χ4v) is 1.49. The first-order valence-electron chi connectivity index (χ1n) is 7.29. The zero-order valence-corrected chi connectivity index (χ0v) is 14.9. The molecule has 8 nitrogen and oxygen atoms in total. The molecule has 1 rings (SSSR count). The third kappa shape index (κ3) is 10.5. The second kappa shape index (κ2) is 11.6. The van der Waals surface area contributed by atoms with Crippen LogP contribution in [0.5, 0.6) is 0 Å². The maximum Gasteiger partial charge on any atom is 0.338 e. The molecule has 0 unspecified atom stereocenters. The Bertz CT molecular complexity index is 592. The van der Waals surface area contributed by atoms with E-state index in [1.807, 2.05) is 0 Å². The van der Waals surface area contributed by atoms with E-state index < -0.39 is 24.2 Å². The normalized spacial score (nSPS) is 9.36. The molecule has 0 radical (unpaired) electrons. The summed E-state index contributed by atoms with van der Waals surface area (Å²) in [5, 5.41) is 0. The van der Waals surface area contributed by atoms with Gasteiger partial charge >= 0.3 is 23.9 Å². The topological polar surface area (TPSA) is 105 Å². The van der Waals surface area contributed by atoms with Gasteiger partial charge in [0, 0.05) is 20.8 Å². The average Bonchev–Trinajstić information content (AvgIpc) is 2.52. The molecule has 0 saturated heterocycles. The fourth-order valence-electron chi connectivity index (χ4n) is 1.49. The summed E-state index contributed by atoms with van der Waals surface area (Å²) in [5.74, 6) is -2.09. The van der Waals surface area contributed by atoms with Crippen molar-refractivity contribution in [2.75, 3.05) is 13.7 Å². The summed E-state index contributed by atoms with van der Waals surface area (Å²) >= 11 is 0. The second-order valence-electron chi connectivity index (χ2n) is 4.76. The predicted octanol–water partition coefficient (Wildman–Crippen LogP) is 1.78. The summed E-state index contributed by atoms with van der Waals surface area (Å²) in [5.41, 5.74) is 1.16. The lowest BCUT2D eigenvalue weighted by Gasteiger charge is -2.16. The number of carbonyl (C=O) groups is 4. The first kappa shape index (κ1) is 22.1. The number of rotatable bonds is 5. The number of carbonyl (C=O) groups excluding carboxylic acids is 4. The van der Waals surface area contributed by atoms with Gasteiger partial charge in [-0.1, -0.05) is 18.2 Å². The van der Waals surface area contributed by atoms with E-state index in [1.165, 1.54) is 27.9 Å². The highest BCUT2D eigenvalue weighted by atomic mass is 16.7. The smallest absolute Gasteiger partial charge is 0.338 e. The van der Waals surface area contributed by atoms with Gasteiger partial charge in [-0.2, -0.15) is 0 Å². The summed E-state index contributed by atoms with van der Waals surface area (Å²) in [6, 6.07) is 6.89. The third-order valence-corrected chi connectivity index (χ3v) is 2.60. The van der Waals surface area contributed by atoms with Crippen molar-refractivity contribution >= 4 is 23.9 Å². The number of hydrogen-bond donors (Lipinski definition) is 0. The van der Waals surface area contributed by atoms with Crippen molar-refractivity contribution in [1.82, 2.24) is 0 Å². The van der Waals surface area contributed by atoms with Crippen LogP contribution in [0.2, 0.25) is 0 Å². The van der Waals surface area contributed by atoms with Crippen LogP contribution in [0.25, 0.3) is 0 Å². The maximum atomic E-state index is 11.8. The van der Waals surface area contributed by atoms with Crippen molar-refractivity contribution < 1.29 is 38.1 Å². The molecule has 8 heteroatoms. The fraction of sp³-hybridized carbons (Fsp3) is 0.412. The van der Waals surface area contributed by atoms with E-state index in [9.17, 15) is 19.2 Å². The van der Waals surface area contributed by atoms with Crippen LogP contribution in [0.3, 0.4) is 0 Å². The first-order chi connectivity index (χ1) is 11.7. The quantitative estimate of drug-likeness (QED) is 0.448. The maximum absolute atomic E-state index is 11.8. The van der Waals surface area contributed by atoms with Gasteiger partial charge in [0.05, 0.1) is 12.7 Å². The lowest BCUT2D eigenvalue weighted by Crippen LogP contribution is -2.28. The van der Waals surface area contributed by atoms with Gasteiger partial charge in [0.25, 0.3) is 6.29 Å². The van der Waals surface area contributed by atoms with Gasteiger partial charge in [0.2, 0.25) is 0 Å². The molecule has 0 fully saturated rings. The van der Waals surface area contributed by atoms with Crippen molar-refractivity contribution in [3.63, 3.8) is 0 Å². The monoisotopic (exact) mass is 354 g/mol. The summed E-state index contributed by atoms with van der Waals surface area (Å²) < 4.78 is 18.5. The Hall–Kier alpha value is -2.90. The molecule has 0 atom stereocenters. The average molecular weight is 354 g/mol. The van der Waals surface area contributed by atoms with E-state index in [2.05, 4.69) is 4.74 Å². The van der Waals surface area contributed by atoms with Gasteiger partial charge in [0.1, 0.15) is 0 Å². The molecular formula is C17H22O8. The van der Waals surface area contributed by atoms with E-state index in [0.717, 1.165) is 5.56 Å². The highest BCUT2D eigenvalue weighted by Crippen LogP contribution is 2.09. The van der Waals surface area contributed by atoms with Crippen LogP contribution in [-0.4, -0.2) is 43.9 Å². The molecular weight excluding hydrogens is 332 g/mol. The van der Waals surface area contributed by atoms with Crippen LogP contribution in [-0.2, 0) is 33.3 Å². The molecule has 0 aliphatic carbocycles. The minimum atomic E-state index is -1.24. The van der Waals surface area contributed by atoms with Crippen LogP contribution in [0.4, 0.5) is 0 Å². The molecule has 0 saturated carbocycles. The number of aryl methyl sites for hydroxylation is 1. The SMILES string of the molecule is CC(=O)OC(COC(=O)c1ccccc1C)OC(C)=O.COC(C)=O. The van der Waals surface area contributed by atoms with Crippen LogP contribution >= 0.6 is 0 Å². The minimum Gasteiger partial charge on any atom is -0.469 e. The first-order valence-corrected chi connectivity index (χ1v) is 7.29. The summed E-state index contributed by atoms with van der Waals surface area (Å²) in [4.78, 5) is 43.1. The third-order valence-electron chi connectivity index (χ3n) is 2.60. The van der Waals surface area contributed by atoms with E-state index in [1.54, 1.807) is 31.2 Å². The highest BCUT2D eigenvalue weighted by molar-refractivity contribution is 5.90. The Morgan fingerprint density at radius 3 is 1.80 bits per heavy atom. The molecule has 0 aromatic heterocycles. The number of esters is 4. The summed E-state index contributed by atoms with van der Waals surface area (Å²) in [6.07, 6.45) is -1.24. The standard InChI is InChI=1S/C14H16O6.C3H6O2/c1-9-6-4-5-7-12(9)14(17)18-8-13(19-10(2)15)20-11(3)16;1-3(4)5-2/h4-7,13H,8H2,1-3H3;1-2H3. The zero-order chi connectivity index (χ0) is 19.4. The molecule has 0 bridgehead atoms. The number of ether oxygens (including phenoxy) is 4. The molecule has 0 spiro atoms. The number of benzene rings is 1. The summed E-state index contributed by atoms with van der Waals surface area (Å²) in [6.45, 7) is 5.11. The van der Waals surface area contributed by atoms with Crippen LogP contribution < -0.4 is 0 Å². The van der Waals surface area contributed by atoms with Crippen LogP contribution in [0, 0.1) is 6.92 Å². The molecule has 0 aliphatic rings. The molecule has 0 N–H and O–H groups in total. The van der Waals surface area contributed by atoms with Crippen molar-refractivity contribution in [2.24, 2.45) is 0 Å². The number of hydrogen-bond acceptors (Lipinski definition) is 8. The molecule has 138 valence electrons. The Kier molecular flexibility index (Phi) is 10.3. The molecule has 0 amide bonds. The van der Waals surface area contributed by atoms with Gasteiger partial charge in [0.15, 0.2) is 6.61 Å². The zero-order valence-electron chi connectivity index (χ0n) is 14.9. The van der Waals surface area contributed by atoms with E-state index in [0.29, 0.717) is 5.56 Å². The second-order valence-corrected chi connectivity index (χ2v) is 4.76. The minimum absolute atomic E-state index is 0.245. The lowest BCUT2D eigenvalue weighted by atomic mass is 10.1. The Labute approximate surface area is 146 Å². The predicted molar refractivity (Wildman–Crippen MR) is 86.5 cm³/mol. The Morgan fingerprint density at radius 1 is 0.920 bits per heavy atom. The molecule has 1 aromatic rings. The largest absolute Gasteiger partial charge is 0.469 e. The number of methoxy groups -OCH3 is 1. The van der Waals surface area contributed by atoms with E-state index in [4.69, 9.17) is 14.2 Å². The molecule has 0 heterocycles. The Balaban J connectivity index is 0.00000101. The highest BCUT2D eigenvalue weighted by Gasteiger charge is 2.19. The molecule has 1 aromatic carbocycles. The lowest BCUT2D eigenvalue weighted by molar-refractivity contribution is -0.191. The van der Waals surface area contributed by atoms with Gasteiger partial charge in [-0.05, 0) is 18.6 Å². The van der Waals surface area contributed by atoms with Crippen molar-refractivity contribution in [3.05, 3.63) is 35.4 Å². The van der Waals surface area contributed by atoms with E-state index >= 15 is 0 Å². The molecule has 25 heavy (non-hydrogen) atoms. The Morgan fingerprint density at radius 2 is 1.40 bits per heavy atom. The van der Waals surface area contributed by atoms with Gasteiger partial charge < -0.3 is 18.9 Å². The molecule has 0 aliphatic heterocycles. The van der Waals surface area contributed by atoms with Gasteiger partial charge in [-0.3, -0.25) is 14.4 Å². The van der Waals surface area contributed by atoms with E-state index in [-0.39, 0.29) is 12.6 Å². The van der Waals surface area contributed by atoms with Crippen molar-refractivity contribution in [1.29, 1.82) is 0 Å². The van der Waals surface area contributed by atoms with Crippen molar-refractivity contribution in [3.8, 4) is 0 Å². The van der Waals surface area contributed by atoms with Gasteiger partial charge in [-0.15, -0.1) is 0 Å². The van der Waals surface area contributed by atoms with Crippen LogP contribution in [0.15, 0.2) is 24.3 Å². The summed E-state index contributed by atoms with van der Waals surface area (Å²) in [7, 11) is 1.35. The van der Waals surface area contributed by atoms with Crippen LogP contribution in [0.1, 0.15) is 36.7 Å². The van der Waals surface area contributed by atoms with Crippen molar-refractivity contribution in [2.45, 2.75) is 34.0 Å².